The van der Waals surface area contributed by atoms with Crippen molar-refractivity contribution in [2.24, 2.45) is 11.8 Å². The van der Waals surface area contributed by atoms with E-state index in [-0.39, 0.29) is 41.1 Å². The quantitative estimate of drug-likeness (QED) is 0.0756. The molecule has 3 aromatic heterocycles. The summed E-state index contributed by atoms with van der Waals surface area (Å²) >= 11 is 0. The van der Waals surface area contributed by atoms with Crippen molar-refractivity contribution in [1.82, 2.24) is 44.9 Å². The van der Waals surface area contributed by atoms with Gasteiger partial charge in [-0.3, -0.25) is 9.59 Å². The Balaban J connectivity index is 1.07. The number of carbonyl (C=O) groups excluding carboxylic acids is 3. The number of carbonyl (C=O) groups is 4. The molecule has 68 heavy (non-hydrogen) atoms. The topological polar surface area (TPSA) is 191 Å². The van der Waals surface area contributed by atoms with Gasteiger partial charge in [0.25, 0.3) is 0 Å². The zero-order chi connectivity index (χ0) is 48.4. The molecule has 2 aliphatic heterocycles. The minimum absolute atomic E-state index is 0.0153. The number of carboxylic acid groups (broad SMARTS) is 1. The molecule has 4 atom stereocenters. The first kappa shape index (κ1) is 47.3. The summed E-state index contributed by atoms with van der Waals surface area (Å²) in [5, 5.41) is 14.6. The highest BCUT2D eigenvalue weighted by molar-refractivity contribution is 5.87. The molecule has 8 rings (SSSR count). The van der Waals surface area contributed by atoms with E-state index in [4.69, 9.17) is 14.7 Å². The Kier molecular flexibility index (Phi) is 13.6. The molecule has 0 spiro atoms. The van der Waals surface area contributed by atoms with Crippen LogP contribution in [0.1, 0.15) is 103 Å². The van der Waals surface area contributed by atoms with Crippen LogP contribution < -0.4 is 10.6 Å². The van der Waals surface area contributed by atoms with Gasteiger partial charge >= 0.3 is 12.2 Å². The molecule has 0 aliphatic carbocycles. The number of methoxy groups -OCH3 is 1. The van der Waals surface area contributed by atoms with Crippen LogP contribution in [0.5, 0.6) is 0 Å². The first-order valence-corrected chi connectivity index (χ1v) is 23.6. The van der Waals surface area contributed by atoms with Crippen molar-refractivity contribution in [3.8, 4) is 50.7 Å². The SMILES string of the molecule is COC(=O)N[C@H](C(=O)N1CCC[C@H]1c1ncc(-c2ccc(-c3ccc(-c4cccc(-c5cnc([C@@H]6CCCN6C(=O)[C@@H](NC(=O)O)C(C)C)[nH]5)c4)n3-c3ccc(C(C)(C)C)cc3)cc2)[nH]1)C(C)C. The molecule has 2 saturated heterocycles. The van der Waals surface area contributed by atoms with Crippen LogP contribution in [0.25, 0.3) is 50.7 Å². The van der Waals surface area contributed by atoms with Crippen molar-refractivity contribution in [3.05, 3.63) is 115 Å². The predicted octanol–water partition coefficient (Wildman–Crippen LogP) is 9.89. The molecule has 4 amide bonds. The number of amides is 4. The number of ether oxygens (including phenoxy) is 1. The number of aromatic nitrogens is 5. The van der Waals surface area contributed by atoms with Crippen molar-refractivity contribution >= 4 is 24.0 Å². The Morgan fingerprint density at radius 2 is 1.18 bits per heavy atom. The molecule has 0 bridgehead atoms. The van der Waals surface area contributed by atoms with Crippen LogP contribution in [-0.2, 0) is 19.7 Å². The van der Waals surface area contributed by atoms with Gasteiger partial charge in [0.2, 0.25) is 11.8 Å². The number of nitrogens with zero attached hydrogens (tertiary/aromatic N) is 5. The van der Waals surface area contributed by atoms with E-state index < -0.39 is 24.3 Å². The standard InChI is InChI=1S/C53H63N9O6/c1-31(2)45(58-51(65)66)49(63)60-26-10-15-44(60)48-55-30-40(57-48)35-12-9-13-36(28-35)42-25-24-41(62(42)38-22-20-37(21-23-38)53(5,6)7)34-18-16-33(17-19-34)39-29-54-47(56-39)43-14-11-27-61(43)50(64)46(32(3)4)59-52(67)68-8/h9,12-13,16-25,28-32,43-46,58H,10-11,14-15,26-27H2,1-8H3,(H,54,56)(H,55,57)(H,59,67)(H,65,66)/t43-,44-,45-,46-/m0/s1. The number of nitrogens with one attached hydrogen (secondary N) is 4. The third-order valence-corrected chi connectivity index (χ3v) is 13.3. The van der Waals surface area contributed by atoms with Gasteiger partial charge in [-0.05, 0) is 95.5 Å². The molecule has 15 nitrogen and oxygen atoms in total. The number of hydrogen-bond acceptors (Lipinski definition) is 7. The molecular weight excluding hydrogens is 859 g/mol. The second kappa shape index (κ2) is 19.6. The van der Waals surface area contributed by atoms with Crippen molar-refractivity contribution in [2.45, 2.75) is 104 Å². The lowest BCUT2D eigenvalue weighted by Crippen LogP contribution is -2.51. The lowest BCUT2D eigenvalue weighted by atomic mass is 9.87. The van der Waals surface area contributed by atoms with Gasteiger partial charge in [-0.15, -0.1) is 0 Å². The van der Waals surface area contributed by atoms with Crippen LogP contribution in [-0.4, -0.2) is 95.7 Å². The number of aromatic amines is 2. The third kappa shape index (κ3) is 9.78. The molecule has 356 valence electrons. The number of likely N-dealkylation sites (tertiary alicyclic amines) is 2. The zero-order valence-electron chi connectivity index (χ0n) is 40.2. The highest BCUT2D eigenvalue weighted by Gasteiger charge is 2.39. The summed E-state index contributed by atoms with van der Waals surface area (Å²) in [5.41, 5.74) is 9.83. The number of rotatable bonds is 13. The van der Waals surface area contributed by atoms with Crippen molar-refractivity contribution in [2.75, 3.05) is 20.2 Å². The van der Waals surface area contributed by atoms with Crippen LogP contribution in [0.4, 0.5) is 9.59 Å². The van der Waals surface area contributed by atoms with Crippen molar-refractivity contribution in [1.29, 1.82) is 0 Å². The maximum absolute atomic E-state index is 13.7. The first-order valence-electron chi connectivity index (χ1n) is 23.6. The highest BCUT2D eigenvalue weighted by Crippen LogP contribution is 2.38. The minimum atomic E-state index is -1.22. The molecule has 15 heteroatoms. The van der Waals surface area contributed by atoms with Gasteiger partial charge in [0.1, 0.15) is 23.7 Å². The van der Waals surface area contributed by atoms with E-state index in [1.165, 1.54) is 12.7 Å². The Morgan fingerprint density at radius 3 is 1.69 bits per heavy atom. The van der Waals surface area contributed by atoms with Crippen LogP contribution >= 0.6 is 0 Å². The first-order chi connectivity index (χ1) is 32.5. The molecule has 0 saturated carbocycles. The van der Waals surface area contributed by atoms with Gasteiger partial charge in [-0.25, -0.2) is 19.6 Å². The van der Waals surface area contributed by atoms with E-state index in [1.54, 1.807) is 11.1 Å². The Labute approximate surface area is 397 Å². The van der Waals surface area contributed by atoms with E-state index in [9.17, 15) is 24.3 Å². The predicted molar refractivity (Wildman–Crippen MR) is 262 cm³/mol. The summed E-state index contributed by atoms with van der Waals surface area (Å²) in [7, 11) is 1.29. The van der Waals surface area contributed by atoms with Gasteiger partial charge in [0, 0.05) is 24.3 Å². The number of imidazole rings is 2. The number of H-pyrrole nitrogens is 2. The second-order valence-electron chi connectivity index (χ2n) is 19.7. The van der Waals surface area contributed by atoms with Gasteiger partial charge in [-0.2, -0.15) is 0 Å². The lowest BCUT2D eigenvalue weighted by molar-refractivity contribution is -0.136. The van der Waals surface area contributed by atoms with E-state index in [2.05, 4.69) is 119 Å². The normalized spacial score (nSPS) is 17.1. The van der Waals surface area contributed by atoms with Crippen LogP contribution in [0.15, 0.2) is 97.3 Å². The number of hydrogen-bond donors (Lipinski definition) is 5. The van der Waals surface area contributed by atoms with Gasteiger partial charge in [0.05, 0.1) is 54.4 Å². The molecule has 5 N–H and O–H groups in total. The third-order valence-electron chi connectivity index (χ3n) is 13.3. The van der Waals surface area contributed by atoms with Gasteiger partial charge in [0.15, 0.2) is 0 Å². The van der Waals surface area contributed by atoms with E-state index in [1.807, 2.05) is 50.9 Å². The fourth-order valence-corrected chi connectivity index (χ4v) is 9.58. The average molecular weight is 922 g/mol. The van der Waals surface area contributed by atoms with E-state index in [0.29, 0.717) is 24.7 Å². The number of benzene rings is 3. The van der Waals surface area contributed by atoms with Crippen LogP contribution in [0, 0.1) is 11.8 Å². The average Bonchev–Trinajstić information content (AvgIpc) is 4.18. The molecule has 3 aromatic carbocycles. The van der Waals surface area contributed by atoms with Crippen LogP contribution in [0.3, 0.4) is 0 Å². The maximum Gasteiger partial charge on any atom is 0.407 e. The van der Waals surface area contributed by atoms with Crippen LogP contribution in [0.2, 0.25) is 0 Å². The molecular formula is C53H63N9O6. The molecule has 0 unspecified atom stereocenters. The van der Waals surface area contributed by atoms with Gasteiger partial charge < -0.3 is 44.8 Å². The maximum atomic E-state index is 13.7. The van der Waals surface area contributed by atoms with E-state index in [0.717, 1.165) is 76.4 Å². The molecule has 0 radical (unpaired) electrons. The summed E-state index contributed by atoms with van der Waals surface area (Å²) in [5.74, 6) is 0.662. The van der Waals surface area contributed by atoms with E-state index >= 15 is 0 Å². The van der Waals surface area contributed by atoms with Crippen molar-refractivity contribution < 1.29 is 29.0 Å². The second-order valence-corrected chi connectivity index (χ2v) is 19.7. The monoisotopic (exact) mass is 921 g/mol. The lowest BCUT2D eigenvalue weighted by Gasteiger charge is -2.30. The number of alkyl carbamates (subject to hydrolysis) is 1. The largest absolute Gasteiger partial charge is 0.465 e. The summed E-state index contributed by atoms with van der Waals surface area (Å²) in [6.07, 6.45) is 4.89. The summed E-state index contributed by atoms with van der Waals surface area (Å²) in [4.78, 5) is 71.1. The van der Waals surface area contributed by atoms with Crippen molar-refractivity contribution in [3.63, 3.8) is 0 Å². The molecule has 5 heterocycles. The fraction of sp³-hybridized carbons (Fsp3) is 0.396. The highest BCUT2D eigenvalue weighted by atomic mass is 16.5. The minimum Gasteiger partial charge on any atom is -0.465 e. The molecule has 2 fully saturated rings. The molecule has 6 aromatic rings. The Bertz CT molecular complexity index is 2760. The zero-order valence-corrected chi connectivity index (χ0v) is 40.2. The summed E-state index contributed by atoms with van der Waals surface area (Å²) in [6.45, 7) is 15.2. The van der Waals surface area contributed by atoms with Gasteiger partial charge in [-0.1, -0.05) is 103 Å². The summed E-state index contributed by atoms with van der Waals surface area (Å²) in [6, 6.07) is 27.7. The Hall–Kier alpha value is -7.16. The fourth-order valence-electron chi connectivity index (χ4n) is 9.58. The molecule has 2 aliphatic rings. The smallest absolute Gasteiger partial charge is 0.407 e. The Morgan fingerprint density at radius 1 is 0.676 bits per heavy atom. The summed E-state index contributed by atoms with van der Waals surface area (Å²) < 4.78 is 7.09.